The fourth-order valence-corrected chi connectivity index (χ4v) is 4.62. The number of nitrogens with two attached hydrogens (primary N) is 1. The molecule has 0 saturated carbocycles. The van der Waals surface area contributed by atoms with Gasteiger partial charge in [-0.15, -0.1) is 23.7 Å². The van der Waals surface area contributed by atoms with Crippen LogP contribution in [0.15, 0.2) is 34.5 Å². The molecule has 2 heterocycles. The molecule has 142 valence electrons. The number of sulfonamides is 1. The predicted molar refractivity (Wildman–Crippen MR) is 98.3 cm³/mol. The van der Waals surface area contributed by atoms with Crippen molar-refractivity contribution in [3.05, 3.63) is 46.2 Å². The molecule has 11 heteroatoms. The number of halogens is 2. The highest BCUT2D eigenvalue weighted by Crippen LogP contribution is 2.19. The molecule has 2 aromatic rings. The molecule has 0 aliphatic carbocycles. The number of nitrogens with zero attached hydrogens (tertiary/aromatic N) is 3. The highest BCUT2D eigenvalue weighted by atomic mass is 35.5. The summed E-state index contributed by atoms with van der Waals surface area (Å²) >= 11 is 1.32. The van der Waals surface area contributed by atoms with Gasteiger partial charge in [0.1, 0.15) is 16.5 Å². The summed E-state index contributed by atoms with van der Waals surface area (Å²) in [5.74, 6) is -0.718. The van der Waals surface area contributed by atoms with E-state index >= 15 is 0 Å². The van der Waals surface area contributed by atoms with Gasteiger partial charge in [0.2, 0.25) is 10.0 Å². The molecule has 1 aromatic carbocycles. The van der Waals surface area contributed by atoms with Crippen molar-refractivity contribution in [3.63, 3.8) is 0 Å². The lowest BCUT2D eigenvalue weighted by atomic mass is 10.3. The van der Waals surface area contributed by atoms with Gasteiger partial charge in [-0.3, -0.25) is 4.79 Å². The number of carbonyl (C=O) groups excluding carboxylic acids is 1. The molecule has 2 N–H and O–H groups in total. The third kappa shape index (κ3) is 4.21. The lowest BCUT2D eigenvalue weighted by Crippen LogP contribution is -2.50. The quantitative estimate of drug-likeness (QED) is 0.804. The van der Waals surface area contributed by atoms with Crippen molar-refractivity contribution >= 4 is 39.7 Å². The van der Waals surface area contributed by atoms with Crippen LogP contribution in [0.4, 0.5) is 4.39 Å². The average Bonchev–Trinajstić information content (AvgIpc) is 3.11. The molecule has 1 aliphatic rings. The van der Waals surface area contributed by atoms with Crippen molar-refractivity contribution in [1.29, 1.82) is 0 Å². The van der Waals surface area contributed by atoms with E-state index in [0.717, 1.165) is 12.1 Å². The molecule has 1 fully saturated rings. The van der Waals surface area contributed by atoms with E-state index in [1.54, 1.807) is 10.3 Å². The predicted octanol–water partition coefficient (Wildman–Crippen LogP) is 1.31. The maximum Gasteiger partial charge on any atom is 0.273 e. The molecule has 0 atom stereocenters. The maximum atomic E-state index is 13.0. The summed E-state index contributed by atoms with van der Waals surface area (Å²) in [6.07, 6.45) is 0. The van der Waals surface area contributed by atoms with Crippen LogP contribution in [0, 0.1) is 5.82 Å². The molecule has 0 unspecified atom stereocenters. The first-order valence-electron chi connectivity index (χ1n) is 7.61. The topological polar surface area (TPSA) is 96.6 Å². The molecular weight excluding hydrogens is 403 g/mol. The van der Waals surface area contributed by atoms with E-state index in [0.29, 0.717) is 10.7 Å². The van der Waals surface area contributed by atoms with Gasteiger partial charge in [-0.1, -0.05) is 0 Å². The highest BCUT2D eigenvalue weighted by molar-refractivity contribution is 7.89. The number of carbonyl (C=O) groups is 1. The largest absolute Gasteiger partial charge is 0.335 e. The summed E-state index contributed by atoms with van der Waals surface area (Å²) < 4.78 is 39.4. The van der Waals surface area contributed by atoms with E-state index in [4.69, 9.17) is 5.73 Å². The minimum Gasteiger partial charge on any atom is -0.335 e. The molecule has 0 radical (unpaired) electrons. The molecule has 0 spiro atoms. The number of hydrogen-bond acceptors (Lipinski definition) is 6. The minimum atomic E-state index is -3.69. The summed E-state index contributed by atoms with van der Waals surface area (Å²) in [6, 6.07) is 4.71. The molecular formula is C15H18ClFN4O3S2. The summed E-state index contributed by atoms with van der Waals surface area (Å²) in [7, 11) is -3.69. The van der Waals surface area contributed by atoms with Crippen LogP contribution in [0.3, 0.4) is 0 Å². The number of amides is 1. The summed E-state index contributed by atoms with van der Waals surface area (Å²) in [4.78, 5) is 18.2. The number of piperazine rings is 1. The van der Waals surface area contributed by atoms with Gasteiger partial charge in [0.25, 0.3) is 5.91 Å². The average molecular weight is 421 g/mol. The van der Waals surface area contributed by atoms with Crippen molar-refractivity contribution in [2.45, 2.75) is 11.4 Å². The van der Waals surface area contributed by atoms with E-state index in [2.05, 4.69) is 4.98 Å². The Morgan fingerprint density at radius 2 is 1.81 bits per heavy atom. The summed E-state index contributed by atoms with van der Waals surface area (Å²) in [5, 5.41) is 2.34. The Bertz CT molecular complexity index is 865. The molecule has 1 aliphatic heterocycles. The smallest absolute Gasteiger partial charge is 0.273 e. The Balaban J connectivity index is 0.00000243. The van der Waals surface area contributed by atoms with E-state index < -0.39 is 15.8 Å². The molecule has 1 aromatic heterocycles. The third-order valence-corrected chi connectivity index (χ3v) is 6.71. The van der Waals surface area contributed by atoms with E-state index in [1.165, 1.54) is 27.8 Å². The second-order valence-corrected chi connectivity index (χ2v) is 8.36. The maximum absolute atomic E-state index is 13.0. The number of hydrogen-bond donors (Lipinski definition) is 1. The SMILES string of the molecule is Cl.NCc1nc(C(=O)N2CCN(S(=O)(=O)c3ccc(F)cc3)CC2)cs1. The second kappa shape index (κ2) is 8.40. The normalized spacial score (nSPS) is 15.5. The van der Waals surface area contributed by atoms with Crippen LogP contribution < -0.4 is 5.73 Å². The van der Waals surface area contributed by atoms with Crippen LogP contribution >= 0.6 is 23.7 Å². The number of aromatic nitrogens is 1. The van der Waals surface area contributed by atoms with Gasteiger partial charge in [-0.2, -0.15) is 4.31 Å². The Kier molecular flexibility index (Phi) is 6.69. The van der Waals surface area contributed by atoms with Crippen LogP contribution in [0.1, 0.15) is 15.5 Å². The zero-order chi connectivity index (χ0) is 18.0. The van der Waals surface area contributed by atoms with Gasteiger partial charge >= 0.3 is 0 Å². The van der Waals surface area contributed by atoms with Crippen LogP contribution in [0.25, 0.3) is 0 Å². The summed E-state index contributed by atoms with van der Waals surface area (Å²) in [5.41, 5.74) is 5.83. The fraction of sp³-hybridized carbons (Fsp3) is 0.333. The first-order valence-corrected chi connectivity index (χ1v) is 9.93. The van der Waals surface area contributed by atoms with Gasteiger partial charge in [0.05, 0.1) is 4.90 Å². The lowest BCUT2D eigenvalue weighted by Gasteiger charge is -2.33. The van der Waals surface area contributed by atoms with E-state index in [-0.39, 0.29) is 55.9 Å². The molecule has 7 nitrogen and oxygen atoms in total. The Hall–Kier alpha value is -1.59. The van der Waals surface area contributed by atoms with Crippen LogP contribution in [-0.4, -0.2) is 54.7 Å². The Labute approximate surface area is 161 Å². The van der Waals surface area contributed by atoms with Crippen LogP contribution in [-0.2, 0) is 16.6 Å². The monoisotopic (exact) mass is 420 g/mol. The molecule has 3 rings (SSSR count). The lowest BCUT2D eigenvalue weighted by molar-refractivity contribution is 0.0692. The van der Waals surface area contributed by atoms with Gasteiger partial charge in [0, 0.05) is 38.1 Å². The first-order chi connectivity index (χ1) is 11.9. The molecule has 1 amide bonds. The zero-order valence-electron chi connectivity index (χ0n) is 13.7. The van der Waals surface area contributed by atoms with Crippen molar-refractivity contribution in [1.82, 2.24) is 14.2 Å². The second-order valence-electron chi connectivity index (χ2n) is 5.48. The van der Waals surface area contributed by atoms with Crippen molar-refractivity contribution in [2.24, 2.45) is 5.73 Å². The zero-order valence-corrected chi connectivity index (χ0v) is 16.1. The summed E-state index contributed by atoms with van der Waals surface area (Å²) in [6.45, 7) is 1.18. The Morgan fingerprint density at radius 3 is 2.35 bits per heavy atom. The Morgan fingerprint density at radius 1 is 1.19 bits per heavy atom. The van der Waals surface area contributed by atoms with E-state index in [9.17, 15) is 17.6 Å². The highest BCUT2D eigenvalue weighted by Gasteiger charge is 2.31. The first kappa shape index (κ1) is 20.7. The van der Waals surface area contributed by atoms with Crippen molar-refractivity contribution in [3.8, 4) is 0 Å². The minimum absolute atomic E-state index is 0. The van der Waals surface area contributed by atoms with Crippen LogP contribution in [0.2, 0.25) is 0 Å². The molecule has 26 heavy (non-hydrogen) atoms. The van der Waals surface area contributed by atoms with Crippen molar-refractivity contribution < 1.29 is 17.6 Å². The third-order valence-electron chi connectivity index (χ3n) is 3.92. The van der Waals surface area contributed by atoms with Crippen LogP contribution in [0.5, 0.6) is 0 Å². The van der Waals surface area contributed by atoms with Gasteiger partial charge < -0.3 is 10.6 Å². The number of benzene rings is 1. The standard InChI is InChI=1S/C15H17FN4O3S2.ClH/c16-11-1-3-12(4-2-11)25(22,23)20-7-5-19(6-8-20)15(21)13-10-24-14(9-17)18-13;/h1-4,10H,5-9,17H2;1H. The molecule has 1 saturated heterocycles. The van der Waals surface area contributed by atoms with Gasteiger partial charge in [-0.25, -0.2) is 17.8 Å². The molecule has 0 bridgehead atoms. The van der Waals surface area contributed by atoms with Gasteiger partial charge in [-0.05, 0) is 24.3 Å². The number of rotatable bonds is 4. The fourth-order valence-electron chi connectivity index (χ4n) is 2.55. The van der Waals surface area contributed by atoms with Crippen molar-refractivity contribution in [2.75, 3.05) is 26.2 Å². The number of thiazole rings is 1. The van der Waals surface area contributed by atoms with Gasteiger partial charge in [0.15, 0.2) is 0 Å². The van der Waals surface area contributed by atoms with E-state index in [1.807, 2.05) is 0 Å².